The van der Waals surface area contributed by atoms with Gasteiger partial charge in [-0.15, -0.1) is 0 Å². The van der Waals surface area contributed by atoms with E-state index in [4.69, 9.17) is 4.74 Å². The van der Waals surface area contributed by atoms with Gasteiger partial charge in [-0.25, -0.2) is 8.42 Å². The minimum Gasteiger partial charge on any atom is -0.375 e. The number of aromatic nitrogens is 1. The molecule has 7 heteroatoms. The average molecular weight is 313 g/mol. The van der Waals surface area contributed by atoms with Gasteiger partial charge in [0.05, 0.1) is 23.6 Å². The molecule has 2 fully saturated rings. The highest BCUT2D eigenvalue weighted by Crippen LogP contribution is 2.32. The first-order valence-electron chi connectivity index (χ1n) is 7.58. The van der Waals surface area contributed by atoms with Crippen molar-refractivity contribution in [2.45, 2.75) is 49.3 Å². The molecule has 118 valence electrons. The van der Waals surface area contributed by atoms with Gasteiger partial charge in [-0.1, -0.05) is 12.8 Å². The maximum absolute atomic E-state index is 12.9. The second-order valence-electron chi connectivity index (χ2n) is 5.77. The molecule has 1 saturated carbocycles. The van der Waals surface area contributed by atoms with Gasteiger partial charge in [0.15, 0.2) is 0 Å². The average Bonchev–Trinajstić information content (AvgIpc) is 2.96. The molecule has 2 N–H and O–H groups in total. The van der Waals surface area contributed by atoms with Crippen molar-refractivity contribution < 1.29 is 13.2 Å². The highest BCUT2D eigenvalue weighted by molar-refractivity contribution is 7.89. The summed E-state index contributed by atoms with van der Waals surface area (Å²) in [5.41, 5.74) is 0.879. The molecule has 1 aliphatic heterocycles. The Labute approximate surface area is 125 Å². The van der Waals surface area contributed by atoms with Crippen LogP contribution in [-0.4, -0.2) is 50.1 Å². The van der Waals surface area contributed by atoms with Crippen molar-refractivity contribution in [3.05, 3.63) is 18.0 Å². The molecular weight excluding hydrogens is 290 g/mol. The second-order valence-corrected chi connectivity index (χ2v) is 7.66. The van der Waals surface area contributed by atoms with Gasteiger partial charge >= 0.3 is 0 Å². The predicted molar refractivity (Wildman–Crippen MR) is 79.4 cm³/mol. The van der Waals surface area contributed by atoms with Crippen molar-refractivity contribution in [3.63, 3.8) is 0 Å². The van der Waals surface area contributed by atoms with E-state index in [1.54, 1.807) is 16.6 Å². The standard InChI is InChI=1S/C14H23N3O3S/c1-15-9-11-8-12(10-16-11)21(18,19)17-6-7-20-14-5-3-2-4-13(14)17/h8,10,13-16H,2-7,9H2,1H3. The molecule has 0 radical (unpaired) electrons. The molecule has 2 heterocycles. The number of nitrogens with zero attached hydrogens (tertiary/aromatic N) is 1. The maximum atomic E-state index is 12.9. The Kier molecular flexibility index (Phi) is 4.35. The minimum absolute atomic E-state index is 0.000139. The molecular formula is C14H23N3O3S. The molecule has 2 unspecified atom stereocenters. The van der Waals surface area contributed by atoms with Gasteiger partial charge in [-0.3, -0.25) is 0 Å². The molecule has 0 spiro atoms. The highest BCUT2D eigenvalue weighted by Gasteiger charge is 2.41. The van der Waals surface area contributed by atoms with E-state index in [2.05, 4.69) is 10.3 Å². The van der Waals surface area contributed by atoms with Crippen molar-refractivity contribution in [2.75, 3.05) is 20.2 Å². The molecule has 1 aromatic rings. The van der Waals surface area contributed by atoms with Gasteiger partial charge in [-0.2, -0.15) is 4.31 Å². The third kappa shape index (κ3) is 2.88. The number of hydrogen-bond donors (Lipinski definition) is 2. The van der Waals surface area contributed by atoms with Crippen molar-refractivity contribution in [1.82, 2.24) is 14.6 Å². The summed E-state index contributed by atoms with van der Waals surface area (Å²) in [7, 11) is -1.60. The molecule has 0 aromatic carbocycles. The first-order chi connectivity index (χ1) is 10.1. The van der Waals surface area contributed by atoms with Crippen LogP contribution in [0.2, 0.25) is 0 Å². The van der Waals surface area contributed by atoms with Crippen LogP contribution in [0.4, 0.5) is 0 Å². The van der Waals surface area contributed by atoms with Crippen LogP contribution in [0.5, 0.6) is 0 Å². The van der Waals surface area contributed by atoms with E-state index in [1.165, 1.54) is 0 Å². The molecule has 3 rings (SSSR count). The van der Waals surface area contributed by atoms with Gasteiger partial charge < -0.3 is 15.0 Å². The Morgan fingerprint density at radius 3 is 3.05 bits per heavy atom. The zero-order chi connectivity index (χ0) is 14.9. The number of ether oxygens (including phenoxy) is 1. The number of rotatable bonds is 4. The smallest absolute Gasteiger partial charge is 0.245 e. The lowest BCUT2D eigenvalue weighted by molar-refractivity contribution is -0.0586. The number of H-pyrrole nitrogens is 1. The molecule has 0 amide bonds. The molecule has 1 aliphatic carbocycles. The number of nitrogens with one attached hydrogen (secondary N) is 2. The highest BCUT2D eigenvalue weighted by atomic mass is 32.2. The molecule has 21 heavy (non-hydrogen) atoms. The quantitative estimate of drug-likeness (QED) is 0.872. The van der Waals surface area contributed by atoms with Crippen LogP contribution in [0.15, 0.2) is 17.2 Å². The van der Waals surface area contributed by atoms with E-state index < -0.39 is 10.0 Å². The predicted octanol–water partition coefficient (Wildman–Crippen LogP) is 1.07. The first-order valence-corrected chi connectivity index (χ1v) is 9.02. The molecule has 0 bridgehead atoms. The summed E-state index contributed by atoms with van der Waals surface area (Å²) in [6, 6.07) is 1.72. The van der Waals surface area contributed by atoms with E-state index in [9.17, 15) is 8.42 Å². The van der Waals surface area contributed by atoms with Gasteiger partial charge in [0, 0.05) is 25.0 Å². The Balaban J connectivity index is 1.85. The van der Waals surface area contributed by atoms with Crippen LogP contribution >= 0.6 is 0 Å². The summed E-state index contributed by atoms with van der Waals surface area (Å²) in [6.07, 6.45) is 5.74. The molecule has 1 saturated heterocycles. The topological polar surface area (TPSA) is 74.4 Å². The lowest BCUT2D eigenvalue weighted by Gasteiger charge is -2.42. The van der Waals surface area contributed by atoms with Crippen LogP contribution in [-0.2, 0) is 21.3 Å². The summed E-state index contributed by atoms with van der Waals surface area (Å²) in [6.45, 7) is 1.58. The van der Waals surface area contributed by atoms with Gasteiger partial charge in [0.2, 0.25) is 10.0 Å². The Hall–Kier alpha value is -0.890. The van der Waals surface area contributed by atoms with Gasteiger partial charge in [-0.05, 0) is 26.0 Å². The van der Waals surface area contributed by atoms with Crippen molar-refractivity contribution in [3.8, 4) is 0 Å². The minimum atomic E-state index is -3.44. The number of fused-ring (bicyclic) bond motifs is 1. The van der Waals surface area contributed by atoms with Gasteiger partial charge in [0.25, 0.3) is 0 Å². The normalized spacial score (nSPS) is 27.5. The summed E-state index contributed by atoms with van der Waals surface area (Å²) >= 11 is 0. The Morgan fingerprint density at radius 1 is 1.43 bits per heavy atom. The number of morpholine rings is 1. The fourth-order valence-corrected chi connectivity index (χ4v) is 5.04. The van der Waals surface area contributed by atoms with Crippen molar-refractivity contribution in [2.24, 2.45) is 0 Å². The summed E-state index contributed by atoms with van der Waals surface area (Å²) < 4.78 is 33.2. The Bertz CT molecular complexity index is 582. The van der Waals surface area contributed by atoms with E-state index in [0.29, 0.717) is 24.6 Å². The molecule has 6 nitrogen and oxygen atoms in total. The SMILES string of the molecule is CNCc1cc(S(=O)(=O)N2CCOC3CCCCC32)c[nH]1. The number of sulfonamides is 1. The number of aromatic amines is 1. The lowest BCUT2D eigenvalue weighted by atomic mass is 9.91. The van der Waals surface area contributed by atoms with Crippen LogP contribution in [0.1, 0.15) is 31.4 Å². The molecule has 1 aromatic heterocycles. The molecule has 2 atom stereocenters. The van der Waals surface area contributed by atoms with E-state index >= 15 is 0 Å². The fraction of sp³-hybridized carbons (Fsp3) is 0.714. The molecule has 2 aliphatic rings. The van der Waals surface area contributed by atoms with E-state index in [0.717, 1.165) is 31.4 Å². The van der Waals surface area contributed by atoms with Crippen molar-refractivity contribution >= 4 is 10.0 Å². The van der Waals surface area contributed by atoms with E-state index in [-0.39, 0.29) is 12.1 Å². The van der Waals surface area contributed by atoms with Gasteiger partial charge in [0.1, 0.15) is 0 Å². The monoisotopic (exact) mass is 313 g/mol. The Morgan fingerprint density at radius 2 is 2.24 bits per heavy atom. The fourth-order valence-electron chi connectivity index (χ4n) is 3.36. The first kappa shape index (κ1) is 15.0. The van der Waals surface area contributed by atoms with Crippen LogP contribution < -0.4 is 5.32 Å². The zero-order valence-electron chi connectivity index (χ0n) is 12.3. The second kappa shape index (κ2) is 6.08. The van der Waals surface area contributed by atoms with Crippen molar-refractivity contribution in [1.29, 1.82) is 0 Å². The van der Waals surface area contributed by atoms with E-state index in [1.807, 2.05) is 7.05 Å². The maximum Gasteiger partial charge on any atom is 0.245 e. The number of hydrogen-bond acceptors (Lipinski definition) is 4. The third-order valence-electron chi connectivity index (χ3n) is 4.37. The van der Waals surface area contributed by atoms with Crippen LogP contribution in [0.25, 0.3) is 0 Å². The summed E-state index contributed by atoms with van der Waals surface area (Å²) in [5.74, 6) is 0. The zero-order valence-corrected chi connectivity index (χ0v) is 13.2. The summed E-state index contributed by atoms with van der Waals surface area (Å²) in [5, 5.41) is 3.01. The third-order valence-corrected chi connectivity index (χ3v) is 6.27. The van der Waals surface area contributed by atoms with Crippen LogP contribution in [0, 0.1) is 0 Å². The summed E-state index contributed by atoms with van der Waals surface area (Å²) in [4.78, 5) is 3.38. The van der Waals surface area contributed by atoms with Crippen LogP contribution in [0.3, 0.4) is 0 Å². The largest absolute Gasteiger partial charge is 0.375 e. The lowest BCUT2D eigenvalue weighted by Crippen LogP contribution is -2.54.